The predicted molar refractivity (Wildman–Crippen MR) is 52.9 cm³/mol. The maximum atomic E-state index is 5.36. The number of rotatable bonds is 2. The molecule has 2 rings (SSSR count). The van der Waals surface area contributed by atoms with E-state index in [9.17, 15) is 0 Å². The summed E-state index contributed by atoms with van der Waals surface area (Å²) in [7, 11) is 0. The van der Waals surface area contributed by atoms with E-state index in [1.165, 1.54) is 26.1 Å². The van der Waals surface area contributed by atoms with Crippen molar-refractivity contribution < 1.29 is 4.74 Å². The Bertz CT molecular complexity index is 157. The van der Waals surface area contributed by atoms with Crippen molar-refractivity contribution in [3.63, 3.8) is 0 Å². The number of likely N-dealkylation sites (N-methyl/N-ethyl adjacent to an activating group) is 1. The number of likely N-dealkylation sites (tertiary alicyclic amines) is 1. The molecule has 0 radical (unpaired) electrons. The maximum Gasteiger partial charge on any atom is 0.0594 e. The first-order valence-electron chi connectivity index (χ1n) is 5.44. The lowest BCUT2D eigenvalue weighted by Crippen LogP contribution is -2.44. The largest absolute Gasteiger partial charge is 0.379 e. The van der Waals surface area contributed by atoms with Crippen LogP contribution in [0.4, 0.5) is 0 Å². The molecular weight excluding hydrogens is 164 g/mol. The summed E-state index contributed by atoms with van der Waals surface area (Å²) in [6.45, 7) is 10.2. The van der Waals surface area contributed by atoms with Gasteiger partial charge in [0.1, 0.15) is 0 Å². The number of hydrogen-bond acceptors (Lipinski definition) is 3. The maximum absolute atomic E-state index is 5.36. The molecule has 13 heavy (non-hydrogen) atoms. The van der Waals surface area contributed by atoms with Gasteiger partial charge in [0.25, 0.3) is 0 Å². The molecule has 1 atom stereocenters. The van der Waals surface area contributed by atoms with Gasteiger partial charge in [-0.05, 0) is 19.5 Å². The molecule has 0 N–H and O–H groups in total. The fourth-order valence-electron chi connectivity index (χ4n) is 2.34. The molecule has 0 aromatic carbocycles. The summed E-state index contributed by atoms with van der Waals surface area (Å²) in [5.74, 6) is 0. The Morgan fingerprint density at radius 3 is 2.62 bits per heavy atom. The third kappa shape index (κ3) is 2.22. The summed E-state index contributed by atoms with van der Waals surface area (Å²) in [6.07, 6.45) is 1.36. The summed E-state index contributed by atoms with van der Waals surface area (Å²) < 4.78 is 5.36. The van der Waals surface area contributed by atoms with Gasteiger partial charge >= 0.3 is 0 Å². The monoisotopic (exact) mass is 184 g/mol. The van der Waals surface area contributed by atoms with Gasteiger partial charge in [0.15, 0.2) is 0 Å². The molecule has 2 saturated heterocycles. The topological polar surface area (TPSA) is 15.7 Å². The minimum Gasteiger partial charge on any atom is -0.379 e. The Hall–Kier alpha value is -0.120. The van der Waals surface area contributed by atoms with Gasteiger partial charge < -0.3 is 9.64 Å². The molecule has 0 aromatic heterocycles. The van der Waals surface area contributed by atoms with Crippen molar-refractivity contribution in [2.45, 2.75) is 19.4 Å². The van der Waals surface area contributed by atoms with Crippen molar-refractivity contribution >= 4 is 0 Å². The average Bonchev–Trinajstić information content (AvgIpc) is 2.67. The van der Waals surface area contributed by atoms with E-state index in [2.05, 4.69) is 16.7 Å². The third-order valence-electron chi connectivity index (χ3n) is 3.26. The molecule has 2 aliphatic rings. The number of ether oxygens (including phenoxy) is 1. The van der Waals surface area contributed by atoms with Crippen LogP contribution in [0.2, 0.25) is 0 Å². The highest BCUT2D eigenvalue weighted by atomic mass is 16.5. The van der Waals surface area contributed by atoms with Crippen molar-refractivity contribution in [2.75, 3.05) is 45.9 Å². The molecule has 0 aliphatic carbocycles. The molecule has 2 fully saturated rings. The molecule has 3 nitrogen and oxygen atoms in total. The summed E-state index contributed by atoms with van der Waals surface area (Å²) in [5.41, 5.74) is 0. The fraction of sp³-hybridized carbons (Fsp3) is 1.00. The summed E-state index contributed by atoms with van der Waals surface area (Å²) in [4.78, 5) is 5.14. The van der Waals surface area contributed by atoms with Gasteiger partial charge in [-0.1, -0.05) is 6.92 Å². The summed E-state index contributed by atoms with van der Waals surface area (Å²) in [6, 6.07) is 0.809. The summed E-state index contributed by atoms with van der Waals surface area (Å²) in [5, 5.41) is 0. The molecule has 76 valence electrons. The van der Waals surface area contributed by atoms with Crippen molar-refractivity contribution in [1.82, 2.24) is 9.80 Å². The lowest BCUT2D eigenvalue weighted by atomic mass is 10.2. The molecular formula is C10H20N2O. The Morgan fingerprint density at radius 2 is 2.00 bits per heavy atom. The highest BCUT2D eigenvalue weighted by Crippen LogP contribution is 2.16. The molecule has 0 spiro atoms. The van der Waals surface area contributed by atoms with Crippen LogP contribution in [0.1, 0.15) is 13.3 Å². The van der Waals surface area contributed by atoms with Crippen molar-refractivity contribution in [2.24, 2.45) is 0 Å². The van der Waals surface area contributed by atoms with Crippen molar-refractivity contribution in [3.8, 4) is 0 Å². The van der Waals surface area contributed by atoms with E-state index in [0.29, 0.717) is 0 Å². The second-order valence-corrected chi connectivity index (χ2v) is 3.98. The minimum atomic E-state index is 0.809. The van der Waals surface area contributed by atoms with Crippen LogP contribution in [0, 0.1) is 0 Å². The van der Waals surface area contributed by atoms with Gasteiger partial charge in [-0.15, -0.1) is 0 Å². The second-order valence-electron chi connectivity index (χ2n) is 3.98. The van der Waals surface area contributed by atoms with E-state index in [-0.39, 0.29) is 0 Å². The zero-order chi connectivity index (χ0) is 9.10. The van der Waals surface area contributed by atoms with Crippen LogP contribution >= 0.6 is 0 Å². The Balaban J connectivity index is 1.80. The standard InChI is InChI=1S/C10H20N2O/c1-2-11-4-3-10(9-11)12-5-7-13-8-6-12/h10H,2-9H2,1H3. The first-order valence-corrected chi connectivity index (χ1v) is 5.44. The van der Waals surface area contributed by atoms with Crippen LogP contribution < -0.4 is 0 Å². The van der Waals surface area contributed by atoms with Gasteiger partial charge in [-0.3, -0.25) is 4.90 Å². The Morgan fingerprint density at radius 1 is 1.23 bits per heavy atom. The fourth-order valence-corrected chi connectivity index (χ4v) is 2.34. The van der Waals surface area contributed by atoms with E-state index < -0.39 is 0 Å². The number of hydrogen-bond donors (Lipinski definition) is 0. The molecule has 0 aromatic rings. The highest BCUT2D eigenvalue weighted by Gasteiger charge is 2.27. The van der Waals surface area contributed by atoms with Crippen LogP contribution in [0.25, 0.3) is 0 Å². The average molecular weight is 184 g/mol. The van der Waals surface area contributed by atoms with Crippen molar-refractivity contribution in [3.05, 3.63) is 0 Å². The Labute approximate surface area is 80.6 Å². The van der Waals surface area contributed by atoms with Crippen LogP contribution in [0.15, 0.2) is 0 Å². The van der Waals surface area contributed by atoms with Gasteiger partial charge in [0.05, 0.1) is 13.2 Å². The highest BCUT2D eigenvalue weighted by molar-refractivity contribution is 4.83. The SMILES string of the molecule is CCN1CCC(N2CCOCC2)C1. The second kappa shape index (κ2) is 4.40. The van der Waals surface area contributed by atoms with Crippen molar-refractivity contribution in [1.29, 1.82) is 0 Å². The van der Waals surface area contributed by atoms with Crippen LogP contribution in [-0.2, 0) is 4.74 Å². The number of nitrogens with zero attached hydrogens (tertiary/aromatic N) is 2. The first kappa shape index (κ1) is 9.44. The molecule has 2 aliphatic heterocycles. The third-order valence-corrected chi connectivity index (χ3v) is 3.26. The van der Waals surface area contributed by atoms with E-state index in [1.807, 2.05) is 0 Å². The Kier molecular flexibility index (Phi) is 3.19. The number of morpholine rings is 1. The van der Waals surface area contributed by atoms with E-state index in [1.54, 1.807) is 0 Å². The van der Waals surface area contributed by atoms with Gasteiger partial charge in [-0.2, -0.15) is 0 Å². The minimum absolute atomic E-state index is 0.809. The molecule has 1 unspecified atom stereocenters. The summed E-state index contributed by atoms with van der Waals surface area (Å²) >= 11 is 0. The smallest absolute Gasteiger partial charge is 0.0594 e. The lowest BCUT2D eigenvalue weighted by Gasteiger charge is -2.32. The van der Waals surface area contributed by atoms with Gasteiger partial charge in [-0.25, -0.2) is 0 Å². The van der Waals surface area contributed by atoms with Gasteiger partial charge in [0, 0.05) is 25.7 Å². The normalized spacial score (nSPS) is 32.5. The quantitative estimate of drug-likeness (QED) is 0.618. The molecule has 3 heteroatoms. The van der Waals surface area contributed by atoms with E-state index in [0.717, 1.165) is 32.3 Å². The van der Waals surface area contributed by atoms with Gasteiger partial charge in [0.2, 0.25) is 0 Å². The zero-order valence-electron chi connectivity index (χ0n) is 8.54. The van der Waals surface area contributed by atoms with Crippen LogP contribution in [0.3, 0.4) is 0 Å². The van der Waals surface area contributed by atoms with E-state index >= 15 is 0 Å². The first-order chi connectivity index (χ1) is 6.40. The molecule has 0 bridgehead atoms. The molecule has 2 heterocycles. The van der Waals surface area contributed by atoms with E-state index in [4.69, 9.17) is 4.74 Å². The lowest BCUT2D eigenvalue weighted by molar-refractivity contribution is 0.0186. The molecule has 0 saturated carbocycles. The van der Waals surface area contributed by atoms with Crippen LogP contribution in [-0.4, -0.2) is 61.8 Å². The predicted octanol–water partition coefficient (Wildman–Crippen LogP) is 0.413. The molecule has 0 amide bonds. The van der Waals surface area contributed by atoms with Crippen LogP contribution in [0.5, 0.6) is 0 Å². The zero-order valence-corrected chi connectivity index (χ0v) is 8.54.